The lowest BCUT2D eigenvalue weighted by Gasteiger charge is -2.43. The minimum absolute atomic E-state index is 0.0608. The smallest absolute Gasteiger partial charge is 0.410 e. The van der Waals surface area contributed by atoms with Gasteiger partial charge in [-0.3, -0.25) is 14.6 Å². The standard InChI is InChI=1S/C39H50N4O6/c1-6-43(35(44)23-28-17-20-40-21-18-28)30-24-29(25-42(26-30)37(46)49-38(2,3)4)36(45)41-27-39(19-11-12-22-47-5)31-13-7-9-15-33(31)48-34-16-10-8-14-32(34)39/h7-10,13-18,20-21,29-30H,6,11-12,19,22-27H2,1-5H3,(H,41,45)/t29-,30+/m0/s1. The number of likely N-dealkylation sites (tertiary alicyclic amines) is 1. The van der Waals surface area contributed by atoms with E-state index in [-0.39, 0.29) is 37.4 Å². The molecule has 3 heterocycles. The van der Waals surface area contributed by atoms with Gasteiger partial charge in [-0.25, -0.2) is 4.79 Å². The Morgan fingerprint density at radius 2 is 1.63 bits per heavy atom. The molecule has 0 saturated carbocycles. The van der Waals surface area contributed by atoms with E-state index in [1.807, 2.05) is 76.2 Å². The molecular weight excluding hydrogens is 620 g/mol. The number of fused-ring (bicyclic) bond motifs is 2. The third kappa shape index (κ3) is 8.60. The number of nitrogens with one attached hydrogen (secondary N) is 1. The van der Waals surface area contributed by atoms with Gasteiger partial charge in [-0.1, -0.05) is 36.4 Å². The topological polar surface area (TPSA) is 110 Å². The first-order chi connectivity index (χ1) is 23.5. The van der Waals surface area contributed by atoms with E-state index < -0.39 is 23.0 Å². The minimum Gasteiger partial charge on any atom is -0.457 e. The van der Waals surface area contributed by atoms with E-state index in [4.69, 9.17) is 14.2 Å². The number of piperidine rings is 1. The van der Waals surface area contributed by atoms with E-state index in [0.717, 1.165) is 47.5 Å². The highest BCUT2D eigenvalue weighted by molar-refractivity contribution is 5.82. The first kappa shape index (κ1) is 35.9. The molecule has 0 aliphatic carbocycles. The van der Waals surface area contributed by atoms with Crippen LogP contribution in [0.3, 0.4) is 0 Å². The molecule has 0 spiro atoms. The van der Waals surface area contributed by atoms with Crippen molar-refractivity contribution < 1.29 is 28.6 Å². The summed E-state index contributed by atoms with van der Waals surface area (Å²) in [6.45, 7) is 9.33. The molecule has 0 radical (unpaired) electrons. The van der Waals surface area contributed by atoms with Gasteiger partial charge in [0.05, 0.1) is 18.4 Å². The average Bonchev–Trinajstić information content (AvgIpc) is 3.09. The summed E-state index contributed by atoms with van der Waals surface area (Å²) < 4.78 is 17.5. The number of carbonyl (C=O) groups excluding carboxylic acids is 3. The molecule has 49 heavy (non-hydrogen) atoms. The van der Waals surface area contributed by atoms with Crippen LogP contribution in [0.25, 0.3) is 0 Å². The predicted octanol–water partition coefficient (Wildman–Crippen LogP) is 6.12. The number of hydrogen-bond donors (Lipinski definition) is 1. The third-order valence-electron chi connectivity index (χ3n) is 9.45. The van der Waals surface area contributed by atoms with Gasteiger partial charge in [0.1, 0.15) is 17.1 Å². The van der Waals surface area contributed by atoms with E-state index in [1.54, 1.807) is 29.3 Å². The van der Waals surface area contributed by atoms with Gasteiger partial charge in [-0.2, -0.15) is 0 Å². The van der Waals surface area contributed by atoms with E-state index in [1.165, 1.54) is 0 Å². The molecule has 2 aliphatic rings. The number of aromatic nitrogens is 1. The van der Waals surface area contributed by atoms with Crippen LogP contribution < -0.4 is 10.1 Å². The molecular formula is C39H50N4O6. The van der Waals surface area contributed by atoms with Gasteiger partial charge < -0.3 is 29.3 Å². The van der Waals surface area contributed by atoms with Crippen LogP contribution in [0.4, 0.5) is 4.79 Å². The third-order valence-corrected chi connectivity index (χ3v) is 9.45. The van der Waals surface area contributed by atoms with Crippen LogP contribution >= 0.6 is 0 Å². The van der Waals surface area contributed by atoms with Gasteiger partial charge in [0.2, 0.25) is 11.8 Å². The van der Waals surface area contributed by atoms with Crippen molar-refractivity contribution in [3.63, 3.8) is 0 Å². The predicted molar refractivity (Wildman–Crippen MR) is 188 cm³/mol. The maximum atomic E-state index is 14.3. The van der Waals surface area contributed by atoms with Crippen molar-refractivity contribution in [2.75, 3.05) is 39.9 Å². The van der Waals surface area contributed by atoms with E-state index in [0.29, 0.717) is 26.1 Å². The quantitative estimate of drug-likeness (QED) is 0.231. The zero-order valence-corrected chi connectivity index (χ0v) is 29.4. The largest absolute Gasteiger partial charge is 0.457 e. The number of methoxy groups -OCH3 is 1. The number of ether oxygens (including phenoxy) is 3. The van der Waals surface area contributed by atoms with Gasteiger partial charge in [0, 0.05) is 68.8 Å². The Morgan fingerprint density at radius 3 is 2.24 bits per heavy atom. The second kappa shape index (κ2) is 15.8. The van der Waals surface area contributed by atoms with Crippen LogP contribution in [0.5, 0.6) is 11.5 Å². The fourth-order valence-electron chi connectivity index (χ4n) is 7.15. The number of pyridine rings is 1. The van der Waals surface area contributed by atoms with Crippen molar-refractivity contribution in [3.8, 4) is 11.5 Å². The summed E-state index contributed by atoms with van der Waals surface area (Å²) in [6.07, 6.45) is 6.03. The summed E-state index contributed by atoms with van der Waals surface area (Å²) in [5.74, 6) is 0.789. The van der Waals surface area contributed by atoms with Crippen LogP contribution in [0, 0.1) is 5.92 Å². The second-order valence-corrected chi connectivity index (χ2v) is 14.0. The molecule has 3 aromatic rings. The van der Waals surface area contributed by atoms with Crippen molar-refractivity contribution in [1.82, 2.24) is 20.1 Å². The minimum atomic E-state index is -0.706. The second-order valence-electron chi connectivity index (χ2n) is 14.0. The van der Waals surface area contributed by atoms with E-state index >= 15 is 0 Å². The summed E-state index contributed by atoms with van der Waals surface area (Å²) in [4.78, 5) is 48.8. The Kier molecular flexibility index (Phi) is 11.6. The molecule has 262 valence electrons. The van der Waals surface area contributed by atoms with Crippen molar-refractivity contribution in [1.29, 1.82) is 0 Å². The Labute approximate surface area is 290 Å². The van der Waals surface area contributed by atoms with Crippen molar-refractivity contribution >= 4 is 17.9 Å². The summed E-state index contributed by atoms with van der Waals surface area (Å²) in [5.41, 5.74) is 1.68. The lowest BCUT2D eigenvalue weighted by Crippen LogP contribution is -2.58. The normalized spacial score (nSPS) is 18.0. The lowest BCUT2D eigenvalue weighted by molar-refractivity contribution is -0.137. The SMILES string of the molecule is CCN(C(=O)Cc1ccncc1)[C@@H]1C[C@H](C(=O)NCC2(CCCCOC)c3ccccc3Oc3ccccc32)CN(C(=O)OC(C)(C)C)C1. The molecule has 1 fully saturated rings. The molecule has 0 unspecified atom stereocenters. The maximum absolute atomic E-state index is 14.3. The van der Waals surface area contributed by atoms with Crippen LogP contribution in [-0.4, -0.2) is 84.2 Å². The number of carbonyl (C=O) groups is 3. The summed E-state index contributed by atoms with van der Waals surface area (Å²) in [5, 5.41) is 3.33. The molecule has 1 aromatic heterocycles. The van der Waals surface area contributed by atoms with Gasteiger partial charge in [-0.15, -0.1) is 0 Å². The highest BCUT2D eigenvalue weighted by atomic mass is 16.6. The number of nitrogens with zero attached hydrogens (tertiary/aromatic N) is 3. The fourth-order valence-corrected chi connectivity index (χ4v) is 7.15. The lowest BCUT2D eigenvalue weighted by atomic mass is 9.69. The number of rotatable bonds is 12. The Bertz CT molecular complexity index is 1540. The number of unbranched alkanes of at least 4 members (excludes halogenated alkanes) is 1. The molecule has 0 bridgehead atoms. The fraction of sp³-hybridized carbons (Fsp3) is 0.487. The molecule has 2 aromatic carbocycles. The zero-order chi connectivity index (χ0) is 35.0. The van der Waals surface area contributed by atoms with Gasteiger partial charge in [0.15, 0.2) is 0 Å². The maximum Gasteiger partial charge on any atom is 0.410 e. The molecule has 1 N–H and O–H groups in total. The number of para-hydroxylation sites is 2. The number of hydrogen-bond acceptors (Lipinski definition) is 7. The van der Waals surface area contributed by atoms with Crippen LogP contribution in [0.1, 0.15) is 70.1 Å². The average molecular weight is 671 g/mol. The number of benzene rings is 2. The van der Waals surface area contributed by atoms with Crippen molar-refractivity contribution in [3.05, 3.63) is 89.7 Å². The summed E-state index contributed by atoms with van der Waals surface area (Å²) in [6, 6.07) is 19.4. The van der Waals surface area contributed by atoms with Crippen LogP contribution in [-0.2, 0) is 30.9 Å². The van der Waals surface area contributed by atoms with E-state index in [2.05, 4.69) is 22.4 Å². The van der Waals surface area contributed by atoms with Gasteiger partial charge in [-0.05, 0) is 83.2 Å². The van der Waals surface area contributed by atoms with Gasteiger partial charge >= 0.3 is 6.09 Å². The van der Waals surface area contributed by atoms with Crippen molar-refractivity contribution in [2.24, 2.45) is 5.92 Å². The van der Waals surface area contributed by atoms with Crippen LogP contribution in [0.2, 0.25) is 0 Å². The zero-order valence-electron chi connectivity index (χ0n) is 29.4. The monoisotopic (exact) mass is 670 g/mol. The first-order valence-electron chi connectivity index (χ1n) is 17.3. The molecule has 10 nitrogen and oxygen atoms in total. The highest BCUT2D eigenvalue weighted by Crippen LogP contribution is 2.50. The number of amides is 3. The first-order valence-corrected chi connectivity index (χ1v) is 17.3. The highest BCUT2D eigenvalue weighted by Gasteiger charge is 2.44. The molecule has 10 heteroatoms. The number of likely N-dealkylation sites (N-methyl/N-ethyl adjacent to an activating group) is 1. The molecule has 5 rings (SSSR count). The Morgan fingerprint density at radius 1 is 0.980 bits per heavy atom. The molecule has 2 aliphatic heterocycles. The van der Waals surface area contributed by atoms with Crippen LogP contribution in [0.15, 0.2) is 73.1 Å². The Hall–Kier alpha value is -4.44. The van der Waals surface area contributed by atoms with E-state index in [9.17, 15) is 14.4 Å². The Balaban J connectivity index is 1.42. The molecule has 1 saturated heterocycles. The molecule has 2 atom stereocenters. The summed E-state index contributed by atoms with van der Waals surface area (Å²) >= 11 is 0. The molecule has 3 amide bonds. The summed E-state index contributed by atoms with van der Waals surface area (Å²) in [7, 11) is 1.71. The van der Waals surface area contributed by atoms with Crippen molar-refractivity contribution in [2.45, 2.75) is 76.9 Å². The van der Waals surface area contributed by atoms with Gasteiger partial charge in [0.25, 0.3) is 0 Å².